The number of aryl methyl sites for hydroxylation is 1. The molecule has 2 aromatic carbocycles. The van der Waals surface area contributed by atoms with Gasteiger partial charge in [0, 0.05) is 19.2 Å². The first-order valence-corrected chi connectivity index (χ1v) is 14.6. The summed E-state index contributed by atoms with van der Waals surface area (Å²) >= 11 is 0. The van der Waals surface area contributed by atoms with Gasteiger partial charge in [-0.3, -0.25) is 9.59 Å². The Bertz CT molecular complexity index is 1320. The lowest BCUT2D eigenvalue weighted by Gasteiger charge is -2.42. The predicted octanol–water partition coefficient (Wildman–Crippen LogP) is 5.21. The number of piperidine rings is 1. The Kier molecular flexibility index (Phi) is 9.44. The number of carboxylic acids is 1. The van der Waals surface area contributed by atoms with Crippen LogP contribution in [0.15, 0.2) is 49.1 Å². The van der Waals surface area contributed by atoms with Crippen LogP contribution in [0.3, 0.4) is 0 Å². The highest BCUT2D eigenvalue weighted by Crippen LogP contribution is 2.40. The second-order valence-corrected chi connectivity index (χ2v) is 10.9. The smallest absolute Gasteiger partial charge is 0.416 e. The van der Waals surface area contributed by atoms with Crippen molar-refractivity contribution < 1.29 is 38.4 Å². The first kappa shape index (κ1) is 29.6. The monoisotopic (exact) mass is 578 g/mol. The lowest BCUT2D eigenvalue weighted by Crippen LogP contribution is -2.57. The molecule has 2 amide bonds. The van der Waals surface area contributed by atoms with Gasteiger partial charge in [-0.05, 0) is 68.2 Å². The molecule has 3 aliphatic rings. The number of anilines is 1. The maximum Gasteiger partial charge on any atom is 0.416 e. The lowest BCUT2D eigenvalue weighted by atomic mass is 10.00. The van der Waals surface area contributed by atoms with E-state index in [2.05, 4.69) is 6.58 Å². The molecule has 0 aromatic heterocycles. The summed E-state index contributed by atoms with van der Waals surface area (Å²) < 4.78 is 24.2. The quantitative estimate of drug-likeness (QED) is 0.404. The highest BCUT2D eigenvalue weighted by Gasteiger charge is 2.46. The summed E-state index contributed by atoms with van der Waals surface area (Å²) in [5.41, 5.74) is 2.93. The van der Waals surface area contributed by atoms with Gasteiger partial charge in [-0.15, -0.1) is 0 Å². The SMILES string of the molecule is C=CCOC(=O)N1c2cc(OCc3cccc(CC(=O)O)c3)c(C)cc2C(=O)N2CCCC[C@H]2C1OC1CCCCO1. The normalized spacial score (nSPS) is 22.0. The molecule has 2 saturated heterocycles. The zero-order valence-corrected chi connectivity index (χ0v) is 24.0. The molecule has 3 heterocycles. The number of fused-ring (bicyclic) bond motifs is 2. The Labute approximate surface area is 245 Å². The van der Waals surface area contributed by atoms with Gasteiger partial charge in [0.05, 0.1) is 23.7 Å². The Morgan fingerprint density at radius 2 is 1.93 bits per heavy atom. The van der Waals surface area contributed by atoms with Crippen molar-refractivity contribution in [2.75, 3.05) is 24.7 Å². The number of nitrogens with zero attached hydrogens (tertiary/aromatic N) is 2. The van der Waals surface area contributed by atoms with Crippen LogP contribution in [0.2, 0.25) is 0 Å². The second-order valence-electron chi connectivity index (χ2n) is 10.9. The van der Waals surface area contributed by atoms with Gasteiger partial charge >= 0.3 is 12.1 Å². The van der Waals surface area contributed by atoms with Gasteiger partial charge in [0.1, 0.15) is 19.0 Å². The number of hydrogen-bond donors (Lipinski definition) is 1. The Morgan fingerprint density at radius 3 is 2.69 bits per heavy atom. The topological polar surface area (TPSA) is 115 Å². The van der Waals surface area contributed by atoms with Crippen molar-refractivity contribution in [1.82, 2.24) is 4.90 Å². The van der Waals surface area contributed by atoms with Crippen LogP contribution >= 0.6 is 0 Å². The number of carbonyl (C=O) groups is 3. The van der Waals surface area contributed by atoms with Gasteiger partial charge in [0.2, 0.25) is 0 Å². The zero-order valence-electron chi connectivity index (χ0n) is 24.0. The van der Waals surface area contributed by atoms with E-state index in [1.54, 1.807) is 30.3 Å². The standard InChI is InChI=1S/C32H38N2O8/c1-3-14-40-32(38)34-26-19-27(41-20-23-10-8-9-22(17-23)18-28(35)36)21(2)16-24(26)30(37)33-13-6-4-11-25(33)31(34)42-29-12-5-7-15-39-29/h3,8-10,16-17,19,25,29,31H,1,4-7,11-15,18,20H2,2H3,(H,35,36)/t25-,29?,31?/m0/s1. The van der Waals surface area contributed by atoms with Crippen LogP contribution < -0.4 is 9.64 Å². The van der Waals surface area contributed by atoms with Crippen molar-refractivity contribution in [3.63, 3.8) is 0 Å². The van der Waals surface area contributed by atoms with E-state index in [1.165, 1.54) is 11.0 Å². The molecule has 3 atom stereocenters. The van der Waals surface area contributed by atoms with Crippen molar-refractivity contribution in [2.45, 2.75) is 77.0 Å². The molecule has 2 unspecified atom stereocenters. The van der Waals surface area contributed by atoms with E-state index in [0.717, 1.165) is 36.8 Å². The van der Waals surface area contributed by atoms with Crippen molar-refractivity contribution in [2.24, 2.45) is 0 Å². The van der Waals surface area contributed by atoms with E-state index in [0.29, 0.717) is 48.6 Å². The van der Waals surface area contributed by atoms with Crippen LogP contribution in [0.25, 0.3) is 0 Å². The number of carbonyl (C=O) groups excluding carboxylic acids is 2. The van der Waals surface area contributed by atoms with Crippen molar-refractivity contribution in [3.8, 4) is 5.75 Å². The fourth-order valence-electron chi connectivity index (χ4n) is 5.87. The molecule has 10 heteroatoms. The third-order valence-electron chi connectivity index (χ3n) is 7.87. The molecule has 0 aliphatic carbocycles. The summed E-state index contributed by atoms with van der Waals surface area (Å²) in [4.78, 5) is 42.2. The van der Waals surface area contributed by atoms with Gasteiger partial charge in [-0.2, -0.15) is 0 Å². The molecular weight excluding hydrogens is 540 g/mol. The average molecular weight is 579 g/mol. The highest BCUT2D eigenvalue weighted by atomic mass is 16.7. The van der Waals surface area contributed by atoms with Gasteiger partial charge in [0.25, 0.3) is 5.91 Å². The third-order valence-corrected chi connectivity index (χ3v) is 7.87. The summed E-state index contributed by atoms with van der Waals surface area (Å²) in [6, 6.07) is 10.3. The number of hydrogen-bond acceptors (Lipinski definition) is 7. The summed E-state index contributed by atoms with van der Waals surface area (Å²) in [5, 5.41) is 9.16. The van der Waals surface area contributed by atoms with E-state index < -0.39 is 24.6 Å². The fourth-order valence-corrected chi connectivity index (χ4v) is 5.87. The molecule has 0 saturated carbocycles. The number of rotatable bonds is 9. The number of aliphatic carboxylic acids is 1. The summed E-state index contributed by atoms with van der Waals surface area (Å²) in [7, 11) is 0. The van der Waals surface area contributed by atoms with Gasteiger partial charge in [-0.1, -0.05) is 36.9 Å². The molecule has 224 valence electrons. The maximum absolute atomic E-state index is 14.0. The van der Waals surface area contributed by atoms with Crippen LogP contribution in [0.5, 0.6) is 5.75 Å². The molecule has 10 nitrogen and oxygen atoms in total. The molecule has 0 radical (unpaired) electrons. The first-order chi connectivity index (χ1) is 20.4. The van der Waals surface area contributed by atoms with Crippen LogP contribution in [0.4, 0.5) is 10.5 Å². The molecular formula is C32H38N2O8. The average Bonchev–Trinajstić information content (AvgIpc) is 3.08. The van der Waals surface area contributed by atoms with Crippen molar-refractivity contribution in [1.29, 1.82) is 0 Å². The number of benzene rings is 2. The predicted molar refractivity (Wildman–Crippen MR) is 154 cm³/mol. The molecule has 0 spiro atoms. The lowest BCUT2D eigenvalue weighted by molar-refractivity contribution is -0.198. The van der Waals surface area contributed by atoms with Crippen LogP contribution in [-0.4, -0.2) is 66.3 Å². The summed E-state index contributed by atoms with van der Waals surface area (Å²) in [6.45, 7) is 6.84. The first-order valence-electron chi connectivity index (χ1n) is 14.6. The molecule has 2 fully saturated rings. The van der Waals surface area contributed by atoms with E-state index >= 15 is 0 Å². The molecule has 3 aliphatic heterocycles. The van der Waals surface area contributed by atoms with Crippen LogP contribution in [0.1, 0.15) is 65.6 Å². The van der Waals surface area contributed by atoms with Gasteiger partial charge in [0.15, 0.2) is 12.5 Å². The molecule has 2 aromatic rings. The number of ether oxygens (including phenoxy) is 4. The van der Waals surface area contributed by atoms with Gasteiger partial charge in [-0.25, -0.2) is 9.69 Å². The largest absolute Gasteiger partial charge is 0.489 e. The van der Waals surface area contributed by atoms with Crippen molar-refractivity contribution in [3.05, 3.63) is 71.3 Å². The molecule has 42 heavy (non-hydrogen) atoms. The second kappa shape index (κ2) is 13.4. The van der Waals surface area contributed by atoms with Crippen LogP contribution in [-0.2, 0) is 32.0 Å². The zero-order chi connectivity index (χ0) is 29.6. The third kappa shape index (κ3) is 6.60. The summed E-state index contributed by atoms with van der Waals surface area (Å²) in [5.74, 6) is -0.586. The van der Waals surface area contributed by atoms with E-state index in [9.17, 15) is 14.4 Å². The highest BCUT2D eigenvalue weighted by molar-refractivity contribution is 6.05. The Hall–Kier alpha value is -3.89. The minimum absolute atomic E-state index is 0.00153. The van der Waals surface area contributed by atoms with Crippen molar-refractivity contribution >= 4 is 23.7 Å². The van der Waals surface area contributed by atoms with E-state index in [4.69, 9.17) is 24.1 Å². The van der Waals surface area contributed by atoms with E-state index in [-0.39, 0.29) is 31.6 Å². The Morgan fingerprint density at radius 1 is 1.12 bits per heavy atom. The van der Waals surface area contributed by atoms with Gasteiger partial charge < -0.3 is 29.0 Å². The minimum Gasteiger partial charge on any atom is -0.489 e. The van der Waals surface area contributed by atoms with Crippen LogP contribution in [0, 0.1) is 6.92 Å². The number of amides is 2. The van der Waals surface area contributed by atoms with E-state index in [1.807, 2.05) is 17.9 Å². The molecule has 5 rings (SSSR count). The fraction of sp³-hybridized carbons (Fsp3) is 0.469. The summed E-state index contributed by atoms with van der Waals surface area (Å²) in [6.07, 6.45) is 4.49. The minimum atomic E-state index is -0.908. The number of carboxylic acid groups (broad SMARTS) is 1. The molecule has 0 bridgehead atoms. The molecule has 1 N–H and O–H groups in total. The Balaban J connectivity index is 1.53. The maximum atomic E-state index is 14.0.